The van der Waals surface area contributed by atoms with E-state index in [2.05, 4.69) is 0 Å². The van der Waals surface area contributed by atoms with Crippen molar-refractivity contribution in [3.05, 3.63) is 48.0 Å². The van der Waals surface area contributed by atoms with Crippen LogP contribution >= 0.6 is 0 Å². The van der Waals surface area contributed by atoms with E-state index in [0.717, 1.165) is 18.2 Å². The smallest absolute Gasteiger partial charge is 0.416 e. The number of anilines is 2. The van der Waals surface area contributed by atoms with E-state index >= 15 is 0 Å². The van der Waals surface area contributed by atoms with Gasteiger partial charge in [0.25, 0.3) is 10.0 Å². The quantitative estimate of drug-likeness (QED) is 0.470. The molecule has 1 aliphatic rings. The molecule has 0 fully saturated rings. The highest BCUT2D eigenvalue weighted by Crippen LogP contribution is 2.40. The van der Waals surface area contributed by atoms with Crippen molar-refractivity contribution in [2.75, 3.05) is 16.2 Å². The minimum atomic E-state index is -4.83. The van der Waals surface area contributed by atoms with Crippen molar-refractivity contribution in [2.45, 2.75) is 49.1 Å². The number of ether oxygens (including phenoxy) is 1. The van der Waals surface area contributed by atoms with Gasteiger partial charge in [0.05, 0.1) is 33.9 Å². The molecule has 16 heteroatoms. The molecule has 2 amide bonds. The zero-order valence-corrected chi connectivity index (χ0v) is 21.9. The average Bonchev–Trinajstić information content (AvgIpc) is 2.76. The van der Waals surface area contributed by atoms with Gasteiger partial charge in [-0.1, -0.05) is 6.07 Å². The van der Waals surface area contributed by atoms with E-state index in [1.165, 1.54) is 32.9 Å². The summed E-state index contributed by atoms with van der Waals surface area (Å²) in [4.78, 5) is 22.8. The lowest BCUT2D eigenvalue weighted by Crippen LogP contribution is -2.48. The van der Waals surface area contributed by atoms with Crippen LogP contribution in [-0.2, 0) is 31.0 Å². The number of benzene rings is 2. The van der Waals surface area contributed by atoms with Crippen LogP contribution in [0.2, 0.25) is 0 Å². The number of carboxylic acid groups (broad SMARTS) is 1. The molecule has 0 aromatic heterocycles. The molecule has 0 radical (unpaired) electrons. The number of hydrogen-bond donors (Lipinski definition) is 3. The Morgan fingerprint density at radius 1 is 1.08 bits per heavy atom. The van der Waals surface area contributed by atoms with E-state index in [-0.39, 0.29) is 17.1 Å². The maximum atomic E-state index is 13.5. The summed E-state index contributed by atoms with van der Waals surface area (Å²) >= 11 is 0. The van der Waals surface area contributed by atoms with Gasteiger partial charge in [-0.05, 0) is 57.2 Å². The summed E-state index contributed by atoms with van der Waals surface area (Å²) in [6.07, 6.45) is -8.13. The van der Waals surface area contributed by atoms with Crippen molar-refractivity contribution in [2.24, 2.45) is 0 Å². The van der Waals surface area contributed by atoms with Gasteiger partial charge in [-0.15, -0.1) is 0 Å². The lowest BCUT2D eigenvalue weighted by Gasteiger charge is -2.35. The first-order valence-electron chi connectivity index (χ1n) is 10.9. The van der Waals surface area contributed by atoms with Crippen LogP contribution in [0.4, 0.5) is 29.3 Å². The topological polar surface area (TPSA) is 159 Å². The van der Waals surface area contributed by atoms with E-state index in [1.54, 1.807) is 0 Å². The van der Waals surface area contributed by atoms with Crippen LogP contribution < -0.4 is 19.1 Å². The number of nitrogens with one attached hydrogen (secondary N) is 2. The molecule has 208 valence electrons. The number of carbonyl (C=O) groups excluding carboxylic acids is 1. The molecule has 3 rings (SSSR count). The molecular formula is C22H24F3N3O8S2. The molecule has 2 aromatic rings. The number of amides is 2. The van der Waals surface area contributed by atoms with Crippen LogP contribution in [0, 0.1) is 0 Å². The first-order valence-corrected chi connectivity index (χ1v) is 13.8. The summed E-state index contributed by atoms with van der Waals surface area (Å²) in [5.41, 5.74) is -1.47. The SMILES string of the molecule is CC(C)(C)S(=O)(=O)NC(=O)CC1CN(S(=O)(=O)c2cccc(C(F)(F)F)c2)c2cc(NC(=O)O)ccc2O1. The standard InChI is InChI=1S/C22H24F3N3O8S2/c1-21(2,3)38(34,35)27-19(29)11-15-12-28(17-10-14(26-20(30)31)7-8-18(17)36-15)37(32,33)16-6-4-5-13(9-16)22(23,24)25/h4-10,15,26H,11-12H2,1-3H3,(H,27,29)(H,30,31). The lowest BCUT2D eigenvalue weighted by atomic mass is 10.1. The average molecular weight is 580 g/mol. The fourth-order valence-electron chi connectivity index (χ4n) is 3.36. The van der Waals surface area contributed by atoms with Crippen LogP contribution in [-0.4, -0.2) is 51.3 Å². The Kier molecular flexibility index (Phi) is 7.62. The van der Waals surface area contributed by atoms with Crippen LogP contribution in [0.3, 0.4) is 0 Å². The second kappa shape index (κ2) is 9.98. The Hall–Kier alpha value is -3.53. The number of alkyl halides is 3. The summed E-state index contributed by atoms with van der Waals surface area (Å²) in [5.74, 6) is -1.12. The van der Waals surface area contributed by atoms with Gasteiger partial charge in [0, 0.05) is 5.69 Å². The molecule has 3 N–H and O–H groups in total. The third-order valence-electron chi connectivity index (χ3n) is 5.36. The molecule has 0 spiro atoms. The fourth-order valence-corrected chi connectivity index (χ4v) is 5.59. The number of hydrogen-bond acceptors (Lipinski definition) is 7. The predicted molar refractivity (Wildman–Crippen MR) is 130 cm³/mol. The summed E-state index contributed by atoms with van der Waals surface area (Å²) in [5, 5.41) is 11.0. The van der Waals surface area contributed by atoms with Gasteiger partial charge >= 0.3 is 12.3 Å². The first kappa shape index (κ1) is 29.0. The van der Waals surface area contributed by atoms with Crippen LogP contribution in [0.15, 0.2) is 47.4 Å². The van der Waals surface area contributed by atoms with E-state index in [9.17, 15) is 39.6 Å². The summed E-state index contributed by atoms with van der Waals surface area (Å²) < 4.78 is 98.4. The number of sulfonamides is 2. The first-order chi connectivity index (χ1) is 17.3. The van der Waals surface area contributed by atoms with Gasteiger partial charge in [-0.25, -0.2) is 21.6 Å². The maximum absolute atomic E-state index is 13.5. The lowest BCUT2D eigenvalue weighted by molar-refractivity contribution is -0.137. The summed E-state index contributed by atoms with van der Waals surface area (Å²) in [6.45, 7) is 3.50. The number of halogens is 3. The zero-order valence-electron chi connectivity index (χ0n) is 20.2. The van der Waals surface area contributed by atoms with Crippen LogP contribution in [0.1, 0.15) is 32.8 Å². The minimum Gasteiger partial charge on any atom is -0.486 e. The molecule has 38 heavy (non-hydrogen) atoms. The Bertz CT molecular complexity index is 1470. The van der Waals surface area contributed by atoms with Crippen LogP contribution in [0.25, 0.3) is 0 Å². The summed E-state index contributed by atoms with van der Waals surface area (Å²) in [6, 6.07) is 6.58. The van der Waals surface area contributed by atoms with E-state index < -0.39 is 72.5 Å². The van der Waals surface area contributed by atoms with Crippen LogP contribution in [0.5, 0.6) is 5.75 Å². The third kappa shape index (κ3) is 6.30. The number of rotatable bonds is 6. The molecule has 2 aromatic carbocycles. The van der Waals surface area contributed by atoms with Gasteiger partial charge in [0.15, 0.2) is 0 Å². The van der Waals surface area contributed by atoms with Crippen molar-refractivity contribution in [1.29, 1.82) is 0 Å². The molecule has 1 heterocycles. The summed E-state index contributed by atoms with van der Waals surface area (Å²) in [7, 11) is -8.79. The van der Waals surface area contributed by atoms with Crippen molar-refractivity contribution in [3.63, 3.8) is 0 Å². The second-order valence-corrected chi connectivity index (χ2v) is 13.6. The van der Waals surface area contributed by atoms with Gasteiger partial charge in [-0.3, -0.25) is 19.1 Å². The molecule has 0 saturated heterocycles. The zero-order chi connectivity index (χ0) is 28.7. The minimum absolute atomic E-state index is 0.0587. The molecular weight excluding hydrogens is 555 g/mol. The number of nitrogens with zero attached hydrogens (tertiary/aromatic N) is 1. The Labute approximate surface area is 216 Å². The van der Waals surface area contributed by atoms with Gasteiger partial charge < -0.3 is 9.84 Å². The van der Waals surface area contributed by atoms with Gasteiger partial charge in [0.1, 0.15) is 11.9 Å². The fraction of sp³-hybridized carbons (Fsp3) is 0.364. The van der Waals surface area contributed by atoms with Crippen molar-refractivity contribution >= 4 is 43.4 Å². The monoisotopic (exact) mass is 579 g/mol. The molecule has 0 aliphatic carbocycles. The molecule has 0 saturated carbocycles. The van der Waals surface area contributed by atoms with Crippen molar-refractivity contribution < 1.29 is 49.4 Å². The largest absolute Gasteiger partial charge is 0.486 e. The Morgan fingerprint density at radius 3 is 2.32 bits per heavy atom. The van der Waals surface area contributed by atoms with Gasteiger partial charge in [-0.2, -0.15) is 13.2 Å². The van der Waals surface area contributed by atoms with Gasteiger partial charge in [0.2, 0.25) is 15.9 Å². The molecule has 1 aliphatic heterocycles. The van der Waals surface area contributed by atoms with Crippen molar-refractivity contribution in [3.8, 4) is 5.75 Å². The highest BCUT2D eigenvalue weighted by Gasteiger charge is 2.39. The second-order valence-electron chi connectivity index (χ2n) is 9.26. The normalized spacial score (nSPS) is 16.3. The molecule has 1 atom stereocenters. The van der Waals surface area contributed by atoms with E-state index in [4.69, 9.17) is 9.84 Å². The predicted octanol–water partition coefficient (Wildman–Crippen LogP) is 3.39. The highest BCUT2D eigenvalue weighted by molar-refractivity contribution is 7.93. The number of carbonyl (C=O) groups is 2. The maximum Gasteiger partial charge on any atom is 0.416 e. The molecule has 1 unspecified atom stereocenters. The van der Waals surface area contributed by atoms with E-state index in [1.807, 2.05) is 10.0 Å². The van der Waals surface area contributed by atoms with Crippen molar-refractivity contribution in [1.82, 2.24) is 4.72 Å². The highest BCUT2D eigenvalue weighted by atomic mass is 32.2. The molecule has 0 bridgehead atoms. The Balaban J connectivity index is 2.03. The Morgan fingerprint density at radius 2 is 1.74 bits per heavy atom. The van der Waals surface area contributed by atoms with E-state index in [0.29, 0.717) is 16.4 Å². The number of fused-ring (bicyclic) bond motifs is 1. The molecule has 11 nitrogen and oxygen atoms in total. The third-order valence-corrected chi connectivity index (χ3v) is 9.24.